The van der Waals surface area contributed by atoms with Crippen LogP contribution in [0.25, 0.3) is 6.08 Å². The van der Waals surface area contributed by atoms with Gasteiger partial charge in [-0.1, -0.05) is 60.2 Å². The highest BCUT2D eigenvalue weighted by Gasteiger charge is 2.33. The molecular formula is C24H20N2O2. The van der Waals surface area contributed by atoms with E-state index in [1.807, 2.05) is 91.9 Å². The molecule has 0 fully saturated rings. The molecule has 1 aliphatic heterocycles. The first-order valence-corrected chi connectivity index (χ1v) is 9.07. The lowest BCUT2D eigenvalue weighted by atomic mass is 10.1. The molecule has 4 heteroatoms. The van der Waals surface area contributed by atoms with Gasteiger partial charge in [0.15, 0.2) is 5.84 Å². The van der Waals surface area contributed by atoms with Crippen molar-refractivity contribution < 1.29 is 9.53 Å². The monoisotopic (exact) mass is 368 g/mol. The van der Waals surface area contributed by atoms with Crippen LogP contribution >= 0.6 is 0 Å². The van der Waals surface area contributed by atoms with E-state index in [-0.39, 0.29) is 5.91 Å². The van der Waals surface area contributed by atoms with Crippen molar-refractivity contribution in [3.8, 4) is 5.75 Å². The van der Waals surface area contributed by atoms with Crippen LogP contribution in [0.1, 0.15) is 16.7 Å². The summed E-state index contributed by atoms with van der Waals surface area (Å²) in [6.07, 6.45) is 1.81. The lowest BCUT2D eigenvalue weighted by molar-refractivity contribution is -0.113. The Kier molecular flexibility index (Phi) is 4.77. The summed E-state index contributed by atoms with van der Waals surface area (Å²) in [5.74, 6) is 1.08. The molecule has 0 radical (unpaired) electrons. The van der Waals surface area contributed by atoms with Crippen molar-refractivity contribution in [2.45, 2.75) is 6.92 Å². The molecule has 0 N–H and O–H groups in total. The quantitative estimate of drug-likeness (QED) is 0.619. The lowest BCUT2D eigenvalue weighted by Crippen LogP contribution is -2.32. The molecule has 1 heterocycles. The van der Waals surface area contributed by atoms with Gasteiger partial charge in [0, 0.05) is 0 Å². The molecule has 3 aromatic carbocycles. The van der Waals surface area contributed by atoms with Crippen molar-refractivity contribution in [2.24, 2.45) is 4.99 Å². The first-order chi connectivity index (χ1) is 13.7. The molecule has 0 bridgehead atoms. The maximum Gasteiger partial charge on any atom is 0.282 e. The zero-order chi connectivity index (χ0) is 19.5. The third-order valence-corrected chi connectivity index (χ3v) is 4.60. The van der Waals surface area contributed by atoms with Crippen LogP contribution in [0.3, 0.4) is 0 Å². The molecule has 0 aliphatic carbocycles. The Morgan fingerprint density at radius 2 is 1.57 bits per heavy atom. The van der Waals surface area contributed by atoms with Gasteiger partial charge in [-0.05, 0) is 42.8 Å². The fourth-order valence-electron chi connectivity index (χ4n) is 3.17. The molecule has 1 amide bonds. The number of ether oxygens (including phenoxy) is 1. The molecule has 4 nitrogen and oxygen atoms in total. The topological polar surface area (TPSA) is 41.9 Å². The summed E-state index contributed by atoms with van der Waals surface area (Å²) in [5, 5.41) is 0. The predicted molar refractivity (Wildman–Crippen MR) is 113 cm³/mol. The molecule has 4 rings (SSSR count). The van der Waals surface area contributed by atoms with Crippen LogP contribution in [-0.4, -0.2) is 18.9 Å². The number of para-hydroxylation sites is 1. The van der Waals surface area contributed by atoms with Crippen LogP contribution in [-0.2, 0) is 4.79 Å². The Labute approximate surface area is 164 Å². The maximum atomic E-state index is 13.3. The Morgan fingerprint density at radius 3 is 2.29 bits per heavy atom. The number of amides is 1. The van der Waals surface area contributed by atoms with Crippen LogP contribution in [0.4, 0.5) is 5.69 Å². The number of hydrogen-bond donors (Lipinski definition) is 0. The summed E-state index contributed by atoms with van der Waals surface area (Å²) in [4.78, 5) is 19.6. The van der Waals surface area contributed by atoms with Crippen molar-refractivity contribution in [1.82, 2.24) is 0 Å². The summed E-state index contributed by atoms with van der Waals surface area (Å²) in [6.45, 7) is 2.02. The minimum Gasteiger partial charge on any atom is -0.496 e. The minimum absolute atomic E-state index is 0.159. The number of methoxy groups -OCH3 is 1. The van der Waals surface area contributed by atoms with Crippen molar-refractivity contribution >= 4 is 23.5 Å². The molecule has 0 saturated carbocycles. The normalized spacial score (nSPS) is 15.1. The number of benzene rings is 3. The Morgan fingerprint density at radius 1 is 0.893 bits per heavy atom. The molecule has 3 aromatic rings. The molecule has 0 spiro atoms. The minimum atomic E-state index is -0.159. The van der Waals surface area contributed by atoms with Crippen molar-refractivity contribution in [3.05, 3.63) is 101 Å². The maximum absolute atomic E-state index is 13.3. The Hall–Kier alpha value is -3.66. The van der Waals surface area contributed by atoms with Crippen LogP contribution in [0.2, 0.25) is 0 Å². The van der Waals surface area contributed by atoms with Crippen LogP contribution in [0.5, 0.6) is 5.75 Å². The standard InChI is InChI=1S/C24H20N2O2/c1-17-12-14-19(15-13-17)26-23(20-10-6-7-11-22(20)28-2)25-21(24(26)27)16-18-8-4-3-5-9-18/h3-16H,1-2H3/b21-16+. The number of carbonyl (C=O) groups is 1. The molecule has 138 valence electrons. The smallest absolute Gasteiger partial charge is 0.282 e. The van der Waals surface area contributed by atoms with Gasteiger partial charge in [0.05, 0.1) is 18.4 Å². The van der Waals surface area contributed by atoms with E-state index in [0.29, 0.717) is 17.3 Å². The van der Waals surface area contributed by atoms with E-state index >= 15 is 0 Å². The second kappa shape index (κ2) is 7.53. The van der Waals surface area contributed by atoms with Crippen LogP contribution < -0.4 is 9.64 Å². The number of nitrogens with zero attached hydrogens (tertiary/aromatic N) is 2. The fourth-order valence-corrected chi connectivity index (χ4v) is 3.17. The number of anilines is 1. The van der Waals surface area contributed by atoms with Crippen molar-refractivity contribution in [3.63, 3.8) is 0 Å². The number of carbonyl (C=O) groups excluding carboxylic acids is 1. The second-order valence-corrected chi connectivity index (χ2v) is 6.55. The van der Waals surface area contributed by atoms with Gasteiger partial charge >= 0.3 is 0 Å². The third kappa shape index (κ3) is 3.32. The average Bonchev–Trinajstić information content (AvgIpc) is 3.05. The number of hydrogen-bond acceptors (Lipinski definition) is 3. The van der Waals surface area contributed by atoms with E-state index < -0.39 is 0 Å². The zero-order valence-electron chi connectivity index (χ0n) is 15.8. The van der Waals surface area contributed by atoms with Gasteiger partial charge < -0.3 is 4.74 Å². The number of rotatable bonds is 4. The Balaban J connectivity index is 1.86. The van der Waals surface area contributed by atoms with Gasteiger partial charge in [0.25, 0.3) is 5.91 Å². The van der Waals surface area contributed by atoms with E-state index in [1.165, 1.54) is 0 Å². The fraction of sp³-hybridized carbons (Fsp3) is 0.0833. The van der Waals surface area contributed by atoms with E-state index in [1.54, 1.807) is 12.0 Å². The highest BCUT2D eigenvalue weighted by atomic mass is 16.5. The van der Waals surface area contributed by atoms with Gasteiger partial charge in [0.2, 0.25) is 0 Å². The number of amidine groups is 1. The summed E-state index contributed by atoms with van der Waals surface area (Å²) < 4.78 is 5.51. The Bertz CT molecular complexity index is 1070. The second-order valence-electron chi connectivity index (χ2n) is 6.55. The van der Waals surface area contributed by atoms with E-state index in [0.717, 1.165) is 22.4 Å². The number of aryl methyl sites for hydroxylation is 1. The molecule has 0 saturated heterocycles. The average molecular weight is 368 g/mol. The highest BCUT2D eigenvalue weighted by molar-refractivity contribution is 6.33. The van der Waals surface area contributed by atoms with Crippen LogP contribution in [0.15, 0.2) is 89.6 Å². The predicted octanol–water partition coefficient (Wildman–Crippen LogP) is 4.84. The molecule has 28 heavy (non-hydrogen) atoms. The zero-order valence-corrected chi connectivity index (χ0v) is 15.8. The van der Waals surface area contributed by atoms with Gasteiger partial charge in [0.1, 0.15) is 11.4 Å². The van der Waals surface area contributed by atoms with Gasteiger partial charge in [-0.3, -0.25) is 9.69 Å². The van der Waals surface area contributed by atoms with Crippen LogP contribution in [0, 0.1) is 6.92 Å². The van der Waals surface area contributed by atoms with Crippen molar-refractivity contribution in [1.29, 1.82) is 0 Å². The molecule has 1 aliphatic rings. The SMILES string of the molecule is COc1ccccc1C1=N/C(=C/c2ccccc2)C(=O)N1c1ccc(C)cc1. The lowest BCUT2D eigenvalue weighted by Gasteiger charge is -2.20. The van der Waals surface area contributed by atoms with Gasteiger partial charge in [-0.15, -0.1) is 0 Å². The van der Waals surface area contributed by atoms with Crippen molar-refractivity contribution in [2.75, 3.05) is 12.0 Å². The first-order valence-electron chi connectivity index (χ1n) is 9.07. The summed E-state index contributed by atoms with van der Waals surface area (Å²) in [7, 11) is 1.62. The molecule has 0 unspecified atom stereocenters. The largest absolute Gasteiger partial charge is 0.496 e. The highest BCUT2D eigenvalue weighted by Crippen LogP contribution is 2.31. The molecule has 0 aromatic heterocycles. The van der Waals surface area contributed by atoms with E-state index in [2.05, 4.69) is 0 Å². The molecular weight excluding hydrogens is 348 g/mol. The third-order valence-electron chi connectivity index (χ3n) is 4.60. The molecule has 0 atom stereocenters. The van der Waals surface area contributed by atoms with Gasteiger partial charge in [-0.25, -0.2) is 4.99 Å². The van der Waals surface area contributed by atoms with E-state index in [9.17, 15) is 4.79 Å². The number of aliphatic imine (C=N–C) groups is 1. The van der Waals surface area contributed by atoms with Gasteiger partial charge in [-0.2, -0.15) is 0 Å². The van der Waals surface area contributed by atoms with E-state index in [4.69, 9.17) is 9.73 Å². The summed E-state index contributed by atoms with van der Waals surface area (Å²) in [6, 6.07) is 25.2. The summed E-state index contributed by atoms with van der Waals surface area (Å²) >= 11 is 0. The first kappa shape index (κ1) is 17.7. The summed E-state index contributed by atoms with van der Waals surface area (Å²) in [5.41, 5.74) is 4.01.